The van der Waals surface area contributed by atoms with Gasteiger partial charge in [0.05, 0.1) is 11.8 Å². The van der Waals surface area contributed by atoms with Gasteiger partial charge in [0.2, 0.25) is 0 Å². The molecule has 0 fully saturated rings. The average Bonchev–Trinajstić information content (AvgIpc) is 2.67. The third-order valence-corrected chi connectivity index (χ3v) is 5.25. The first-order chi connectivity index (χ1) is 14.2. The summed E-state index contributed by atoms with van der Waals surface area (Å²) in [5.74, 6) is 0.246. The van der Waals surface area contributed by atoms with Crippen LogP contribution in [0, 0.1) is 0 Å². The summed E-state index contributed by atoms with van der Waals surface area (Å²) in [7, 11) is 0. The largest absolute Gasteiger partial charge is 0.484 e. The minimum absolute atomic E-state index is 0.0427. The van der Waals surface area contributed by atoms with Crippen LogP contribution < -0.4 is 15.1 Å². The topological polar surface area (TPSA) is 53.9 Å². The summed E-state index contributed by atoms with van der Waals surface area (Å²) in [5.41, 5.74) is 7.01. The minimum Gasteiger partial charge on any atom is -0.484 e. The van der Waals surface area contributed by atoms with Crippen molar-refractivity contribution in [2.75, 3.05) is 11.5 Å². The van der Waals surface area contributed by atoms with Crippen molar-refractivity contribution in [1.29, 1.82) is 0 Å². The lowest BCUT2D eigenvalue weighted by Crippen LogP contribution is -2.49. The van der Waals surface area contributed by atoms with E-state index < -0.39 is 0 Å². The van der Waals surface area contributed by atoms with Crippen molar-refractivity contribution in [3.63, 3.8) is 0 Å². The van der Waals surface area contributed by atoms with Gasteiger partial charge < -0.3 is 9.64 Å². The Morgan fingerprint density at radius 1 is 1.23 bits per heavy atom. The van der Waals surface area contributed by atoms with Gasteiger partial charge in [0.15, 0.2) is 6.61 Å². The van der Waals surface area contributed by atoms with Crippen molar-refractivity contribution >= 4 is 35.0 Å². The van der Waals surface area contributed by atoms with Crippen LogP contribution in [-0.4, -0.2) is 30.3 Å². The van der Waals surface area contributed by atoms with Gasteiger partial charge in [-0.1, -0.05) is 23.7 Å². The van der Waals surface area contributed by atoms with Gasteiger partial charge in [-0.15, -0.1) is 0 Å². The maximum atomic E-state index is 12.0. The summed E-state index contributed by atoms with van der Waals surface area (Å²) in [5, 5.41) is 4.68. The van der Waals surface area contributed by atoms with Gasteiger partial charge in [0.25, 0.3) is 5.91 Å². The SMILES string of the molecule is CC1=CC(C)(C)N(C(C)C)c2ccc(/C=N\NC(=O)COc3ccc(Cl)cc3)cc21. The fourth-order valence-electron chi connectivity index (χ4n) is 3.98. The van der Waals surface area contributed by atoms with Crippen LogP contribution in [0.25, 0.3) is 5.57 Å². The number of hydrogen-bond donors (Lipinski definition) is 1. The normalized spacial score (nSPS) is 15.2. The molecule has 1 heterocycles. The van der Waals surface area contributed by atoms with Crippen LogP contribution >= 0.6 is 11.6 Å². The van der Waals surface area contributed by atoms with E-state index in [2.05, 4.69) is 68.3 Å². The zero-order valence-electron chi connectivity index (χ0n) is 18.1. The molecular formula is C24H28ClN3O2. The summed E-state index contributed by atoms with van der Waals surface area (Å²) in [6.07, 6.45) is 3.94. The zero-order chi connectivity index (χ0) is 21.9. The van der Waals surface area contributed by atoms with Crippen LogP contribution in [0.1, 0.15) is 45.7 Å². The van der Waals surface area contributed by atoms with Gasteiger partial charge in [-0.2, -0.15) is 5.10 Å². The molecule has 0 saturated heterocycles. The lowest BCUT2D eigenvalue weighted by Gasteiger charge is -2.46. The molecule has 1 aliphatic rings. The highest BCUT2D eigenvalue weighted by Gasteiger charge is 2.32. The molecule has 2 aromatic rings. The maximum absolute atomic E-state index is 12.0. The molecule has 0 aliphatic carbocycles. The summed E-state index contributed by atoms with van der Waals surface area (Å²) >= 11 is 5.83. The van der Waals surface area contributed by atoms with E-state index in [0.29, 0.717) is 16.8 Å². The van der Waals surface area contributed by atoms with Crippen molar-refractivity contribution < 1.29 is 9.53 Å². The number of fused-ring (bicyclic) bond motifs is 1. The molecule has 3 rings (SSSR count). The molecule has 0 aromatic heterocycles. The number of hydrazone groups is 1. The molecule has 1 amide bonds. The van der Waals surface area contributed by atoms with E-state index in [4.69, 9.17) is 16.3 Å². The second-order valence-electron chi connectivity index (χ2n) is 8.26. The van der Waals surface area contributed by atoms with Crippen LogP contribution in [0.15, 0.2) is 53.6 Å². The number of ether oxygens (including phenoxy) is 1. The van der Waals surface area contributed by atoms with Crippen LogP contribution in [0.3, 0.4) is 0 Å². The molecule has 0 unspecified atom stereocenters. The van der Waals surface area contributed by atoms with E-state index in [-0.39, 0.29) is 18.1 Å². The summed E-state index contributed by atoms with van der Waals surface area (Å²) in [6, 6.07) is 13.5. The smallest absolute Gasteiger partial charge is 0.277 e. The van der Waals surface area contributed by atoms with Crippen LogP contribution in [0.2, 0.25) is 5.02 Å². The Balaban J connectivity index is 1.65. The van der Waals surface area contributed by atoms with Gasteiger partial charge in [-0.25, -0.2) is 5.43 Å². The highest BCUT2D eigenvalue weighted by atomic mass is 35.5. The number of benzene rings is 2. The molecule has 2 aromatic carbocycles. The summed E-state index contributed by atoms with van der Waals surface area (Å²) in [4.78, 5) is 14.4. The number of halogens is 1. The zero-order valence-corrected chi connectivity index (χ0v) is 18.8. The minimum atomic E-state index is -0.331. The van der Waals surface area contributed by atoms with Crippen LogP contribution in [0.5, 0.6) is 5.75 Å². The highest BCUT2D eigenvalue weighted by Crippen LogP contribution is 2.40. The number of nitrogens with zero attached hydrogens (tertiary/aromatic N) is 2. The van der Waals surface area contributed by atoms with Gasteiger partial charge >= 0.3 is 0 Å². The Morgan fingerprint density at radius 2 is 1.93 bits per heavy atom. The summed E-state index contributed by atoms with van der Waals surface area (Å²) < 4.78 is 5.41. The number of rotatable bonds is 6. The third kappa shape index (κ3) is 5.03. The molecular weight excluding hydrogens is 398 g/mol. The standard InChI is InChI=1S/C24H28ClN3O2/c1-16(2)28-22-11-6-18(12-21(22)17(3)13-24(28,4)5)14-26-27-23(29)15-30-20-9-7-19(25)8-10-20/h6-14,16H,15H2,1-5H3,(H,27,29)/b26-14-. The molecule has 30 heavy (non-hydrogen) atoms. The molecule has 158 valence electrons. The van der Waals surface area contributed by atoms with E-state index >= 15 is 0 Å². The number of hydrogen-bond acceptors (Lipinski definition) is 4. The fraction of sp³-hybridized carbons (Fsp3) is 0.333. The molecule has 0 radical (unpaired) electrons. The quantitative estimate of drug-likeness (QED) is 0.506. The first-order valence-electron chi connectivity index (χ1n) is 10.0. The number of nitrogens with one attached hydrogen (secondary N) is 1. The molecule has 1 N–H and O–H groups in total. The second kappa shape index (κ2) is 8.92. The van der Waals surface area contributed by atoms with Gasteiger partial charge in [0.1, 0.15) is 5.75 Å². The monoisotopic (exact) mass is 425 g/mol. The lowest BCUT2D eigenvalue weighted by atomic mass is 9.87. The molecule has 6 heteroatoms. The van der Waals surface area contributed by atoms with Crippen molar-refractivity contribution in [3.8, 4) is 5.75 Å². The molecule has 0 saturated carbocycles. The maximum Gasteiger partial charge on any atom is 0.277 e. The van der Waals surface area contributed by atoms with E-state index in [9.17, 15) is 4.79 Å². The Morgan fingerprint density at radius 3 is 2.60 bits per heavy atom. The van der Waals surface area contributed by atoms with Crippen molar-refractivity contribution in [3.05, 3.63) is 64.7 Å². The van der Waals surface area contributed by atoms with E-state index in [1.165, 1.54) is 16.8 Å². The van der Waals surface area contributed by atoms with E-state index in [1.54, 1.807) is 30.5 Å². The first-order valence-corrected chi connectivity index (χ1v) is 10.4. The number of carbonyl (C=O) groups excluding carboxylic acids is 1. The molecule has 0 spiro atoms. The van der Waals surface area contributed by atoms with Gasteiger partial charge in [-0.05, 0) is 82.2 Å². The third-order valence-electron chi connectivity index (χ3n) is 5.00. The van der Waals surface area contributed by atoms with Crippen molar-refractivity contribution in [2.45, 2.75) is 46.2 Å². The molecule has 1 aliphatic heterocycles. The van der Waals surface area contributed by atoms with E-state index in [1.807, 2.05) is 6.07 Å². The Bertz CT molecular complexity index is 978. The predicted octanol–water partition coefficient (Wildman–Crippen LogP) is 5.28. The Kier molecular flexibility index (Phi) is 6.52. The fourth-order valence-corrected chi connectivity index (χ4v) is 4.11. The highest BCUT2D eigenvalue weighted by molar-refractivity contribution is 6.30. The number of amides is 1. The number of anilines is 1. The Hall–Kier alpha value is -2.79. The molecule has 0 bridgehead atoms. The Labute approximate surface area is 183 Å². The van der Waals surface area contributed by atoms with Crippen molar-refractivity contribution in [1.82, 2.24) is 5.43 Å². The molecule has 0 atom stereocenters. The summed E-state index contributed by atoms with van der Waals surface area (Å²) in [6.45, 7) is 10.9. The van der Waals surface area contributed by atoms with Gasteiger partial charge in [0, 0.05) is 22.3 Å². The van der Waals surface area contributed by atoms with Crippen LogP contribution in [0.4, 0.5) is 5.69 Å². The molecule has 5 nitrogen and oxygen atoms in total. The number of allylic oxidation sites excluding steroid dienone is 1. The average molecular weight is 426 g/mol. The second-order valence-corrected chi connectivity index (χ2v) is 8.69. The van der Waals surface area contributed by atoms with Gasteiger partial charge in [-0.3, -0.25) is 4.79 Å². The van der Waals surface area contributed by atoms with Crippen molar-refractivity contribution in [2.24, 2.45) is 5.10 Å². The predicted molar refractivity (Wildman–Crippen MR) is 124 cm³/mol. The lowest BCUT2D eigenvalue weighted by molar-refractivity contribution is -0.123. The number of carbonyl (C=O) groups is 1. The van der Waals surface area contributed by atoms with E-state index in [0.717, 1.165) is 5.56 Å². The first kappa shape index (κ1) is 21.9. The van der Waals surface area contributed by atoms with Crippen LogP contribution in [-0.2, 0) is 4.79 Å².